The number of carbonyl (C=O) groups excluding carboxylic acids is 1. The van der Waals surface area contributed by atoms with Crippen molar-refractivity contribution < 1.29 is 37.3 Å². The molecule has 1 aliphatic carbocycles. The molecule has 11 heteroatoms. The van der Waals surface area contributed by atoms with Crippen molar-refractivity contribution in [2.45, 2.75) is 60.9 Å². The molecule has 0 radical (unpaired) electrons. The average molecular weight is 581 g/mol. The molecule has 1 amide bonds. The number of ether oxygens (including phenoxy) is 3. The molecule has 41 heavy (non-hydrogen) atoms. The molecule has 1 unspecified atom stereocenters. The van der Waals surface area contributed by atoms with Crippen LogP contribution in [0.15, 0.2) is 71.8 Å². The predicted molar refractivity (Wildman–Crippen MR) is 150 cm³/mol. The van der Waals surface area contributed by atoms with Gasteiger partial charge in [0.2, 0.25) is 0 Å². The van der Waals surface area contributed by atoms with E-state index in [0.29, 0.717) is 48.9 Å². The lowest BCUT2D eigenvalue weighted by molar-refractivity contribution is -0.131. The number of aromatic nitrogens is 1. The number of hydrogen-bond donors (Lipinski definition) is 2. The molecule has 1 aliphatic heterocycles. The van der Waals surface area contributed by atoms with Crippen LogP contribution in [0.1, 0.15) is 60.6 Å². The van der Waals surface area contributed by atoms with Gasteiger partial charge in [-0.1, -0.05) is 25.0 Å². The lowest BCUT2D eigenvalue weighted by Crippen LogP contribution is -2.29. The molecule has 1 atom stereocenters. The zero-order valence-corrected chi connectivity index (χ0v) is 23.2. The van der Waals surface area contributed by atoms with Crippen molar-refractivity contribution in [2.24, 2.45) is 0 Å². The first-order valence-corrected chi connectivity index (χ1v) is 15.2. The van der Waals surface area contributed by atoms with E-state index in [0.717, 1.165) is 25.7 Å². The quantitative estimate of drug-likeness (QED) is 0.332. The highest BCUT2D eigenvalue weighted by Gasteiger charge is 2.31. The van der Waals surface area contributed by atoms with E-state index in [9.17, 15) is 18.0 Å². The molecule has 2 fully saturated rings. The molecular formula is C30H32N2O8S. The van der Waals surface area contributed by atoms with Crippen molar-refractivity contribution in [3.63, 3.8) is 0 Å². The highest BCUT2D eigenvalue weighted by molar-refractivity contribution is 7.92. The number of hydrogen-bond acceptors (Lipinski definition) is 8. The molecular weight excluding hydrogens is 548 g/mol. The fourth-order valence-electron chi connectivity index (χ4n) is 5.03. The third kappa shape index (κ3) is 7.10. The van der Waals surface area contributed by atoms with Gasteiger partial charge in [-0.3, -0.25) is 4.79 Å². The van der Waals surface area contributed by atoms with E-state index in [1.54, 1.807) is 48.5 Å². The van der Waals surface area contributed by atoms with E-state index < -0.39 is 33.1 Å². The van der Waals surface area contributed by atoms with Gasteiger partial charge in [-0.25, -0.2) is 18.2 Å². The summed E-state index contributed by atoms with van der Waals surface area (Å²) in [5.41, 5.74) is 0.712. The van der Waals surface area contributed by atoms with Crippen molar-refractivity contribution in [2.75, 3.05) is 18.5 Å². The van der Waals surface area contributed by atoms with Crippen LogP contribution in [0.2, 0.25) is 0 Å². The van der Waals surface area contributed by atoms with Crippen LogP contribution in [0.5, 0.6) is 11.5 Å². The number of nitrogens with zero attached hydrogens (tertiary/aromatic N) is 1. The second-order valence-corrected chi connectivity index (χ2v) is 12.4. The summed E-state index contributed by atoms with van der Waals surface area (Å²) < 4.78 is 43.4. The molecule has 0 spiro atoms. The fourth-order valence-corrected chi connectivity index (χ4v) is 6.74. The van der Waals surface area contributed by atoms with E-state index >= 15 is 0 Å². The number of anilines is 1. The number of benzene rings is 2. The highest BCUT2D eigenvalue weighted by Crippen LogP contribution is 2.31. The third-order valence-electron chi connectivity index (χ3n) is 7.31. The fraction of sp³-hybridized carbons (Fsp3) is 0.367. The van der Waals surface area contributed by atoms with Crippen molar-refractivity contribution >= 4 is 27.5 Å². The Morgan fingerprint density at radius 2 is 1.56 bits per heavy atom. The predicted octanol–water partition coefficient (Wildman–Crippen LogP) is 5.16. The molecule has 0 bridgehead atoms. The zero-order valence-electron chi connectivity index (χ0n) is 22.4. The van der Waals surface area contributed by atoms with Gasteiger partial charge >= 0.3 is 5.97 Å². The van der Waals surface area contributed by atoms with Crippen molar-refractivity contribution in [1.29, 1.82) is 0 Å². The molecule has 2 N–H and O–H groups in total. The van der Waals surface area contributed by atoms with Gasteiger partial charge in [-0.05, 0) is 79.8 Å². The summed E-state index contributed by atoms with van der Waals surface area (Å²) in [6.45, 7) is 0.862. The monoisotopic (exact) mass is 580 g/mol. The Labute approximate surface area is 238 Å². The largest absolute Gasteiger partial charge is 0.478 e. The summed E-state index contributed by atoms with van der Waals surface area (Å²) in [6.07, 6.45) is 5.16. The number of sulfone groups is 1. The molecule has 3 aromatic rings. The van der Waals surface area contributed by atoms with Crippen LogP contribution in [0, 0.1) is 0 Å². The molecule has 2 heterocycles. The number of aromatic carboxylic acids is 1. The molecule has 5 rings (SSSR count). The van der Waals surface area contributed by atoms with Crippen LogP contribution in [0.25, 0.3) is 0 Å². The minimum atomic E-state index is -3.50. The normalized spacial score (nSPS) is 17.2. The highest BCUT2D eigenvalue weighted by atomic mass is 32.2. The third-order valence-corrected chi connectivity index (χ3v) is 9.59. The topological polar surface area (TPSA) is 141 Å². The van der Waals surface area contributed by atoms with E-state index in [1.807, 2.05) is 0 Å². The van der Waals surface area contributed by atoms with Gasteiger partial charge < -0.3 is 24.6 Å². The Morgan fingerprint density at radius 3 is 2.17 bits per heavy atom. The first-order chi connectivity index (χ1) is 19.8. The smallest absolute Gasteiger partial charge is 0.335 e. The van der Waals surface area contributed by atoms with Crippen LogP contribution >= 0.6 is 0 Å². The summed E-state index contributed by atoms with van der Waals surface area (Å²) >= 11 is 0. The summed E-state index contributed by atoms with van der Waals surface area (Å²) in [4.78, 5) is 28.9. The Bertz CT molecular complexity index is 1450. The number of nitrogens with one attached hydrogen (secondary N) is 1. The van der Waals surface area contributed by atoms with Crippen LogP contribution in [0.3, 0.4) is 0 Å². The number of amides is 1. The average Bonchev–Trinajstić information content (AvgIpc) is 3.51. The Hall–Kier alpha value is -3.80. The van der Waals surface area contributed by atoms with Crippen LogP contribution < -0.4 is 10.1 Å². The van der Waals surface area contributed by atoms with Gasteiger partial charge in [0.15, 0.2) is 15.9 Å². The van der Waals surface area contributed by atoms with Gasteiger partial charge in [-0.2, -0.15) is 0 Å². The Kier molecular flexibility index (Phi) is 8.96. The summed E-state index contributed by atoms with van der Waals surface area (Å²) in [5.74, 6) is -0.291. The molecule has 1 saturated carbocycles. The molecule has 1 aromatic heterocycles. The summed E-state index contributed by atoms with van der Waals surface area (Å²) in [7, 11) is -3.50. The van der Waals surface area contributed by atoms with Crippen molar-refractivity contribution in [1.82, 2.24) is 4.98 Å². The second-order valence-electron chi connectivity index (χ2n) is 10.1. The maximum atomic E-state index is 13.4. The van der Waals surface area contributed by atoms with Crippen LogP contribution in [-0.2, 0) is 24.1 Å². The van der Waals surface area contributed by atoms with Crippen molar-refractivity contribution in [3.05, 3.63) is 78.0 Å². The Morgan fingerprint density at radius 1 is 0.902 bits per heavy atom. The van der Waals surface area contributed by atoms with E-state index in [2.05, 4.69) is 10.3 Å². The minimum absolute atomic E-state index is 0.0624. The van der Waals surface area contributed by atoms with E-state index in [-0.39, 0.29) is 16.6 Å². The maximum Gasteiger partial charge on any atom is 0.335 e. The van der Waals surface area contributed by atoms with Gasteiger partial charge in [0, 0.05) is 13.2 Å². The molecule has 216 valence electrons. The first kappa shape index (κ1) is 28.7. The number of carboxylic acid groups (broad SMARTS) is 1. The number of carbonyl (C=O) groups is 2. The van der Waals surface area contributed by atoms with Crippen LogP contribution in [-0.4, -0.2) is 55.0 Å². The minimum Gasteiger partial charge on any atom is -0.478 e. The molecule has 2 aliphatic rings. The van der Waals surface area contributed by atoms with Gasteiger partial charge in [-0.15, -0.1) is 0 Å². The maximum absolute atomic E-state index is 13.4. The molecule has 1 saturated heterocycles. The second kappa shape index (κ2) is 12.8. The van der Waals surface area contributed by atoms with Gasteiger partial charge in [0.1, 0.15) is 17.3 Å². The summed E-state index contributed by atoms with van der Waals surface area (Å²) in [5, 5.41) is 11.4. The SMILES string of the molecule is O=C(O)c1ccc(Oc2ccc(NC(=O)C(OC3CCCC3)c3ccc(S(=O)(=O)C4CCOCC4)cc3)nc2)cc1. The van der Waals surface area contributed by atoms with Crippen molar-refractivity contribution in [3.8, 4) is 11.5 Å². The number of carboxylic acids is 1. The summed E-state index contributed by atoms with van der Waals surface area (Å²) in [6, 6.07) is 15.6. The van der Waals surface area contributed by atoms with E-state index in [1.165, 1.54) is 18.3 Å². The standard InChI is InChI=1S/C30H32N2O8S/c33-29(32-27-14-11-24(19-31-27)39-23-9-5-21(6-10-23)30(34)35)28(40-22-3-1-2-4-22)20-7-12-25(13-8-20)41(36,37)26-15-17-38-18-16-26/h5-14,19,22,26,28H,1-4,15-18H2,(H,34,35)(H,31,32,33). The zero-order chi connectivity index (χ0) is 28.8. The molecule has 10 nitrogen and oxygen atoms in total. The molecule has 2 aromatic carbocycles. The van der Waals surface area contributed by atoms with Gasteiger partial charge in [0.25, 0.3) is 5.91 Å². The Balaban J connectivity index is 1.28. The number of pyridine rings is 1. The van der Waals surface area contributed by atoms with Crippen LogP contribution in [0.4, 0.5) is 5.82 Å². The first-order valence-electron chi connectivity index (χ1n) is 13.6. The van der Waals surface area contributed by atoms with Gasteiger partial charge in [0.05, 0.1) is 28.0 Å². The lowest BCUT2D eigenvalue weighted by Gasteiger charge is -2.23. The lowest BCUT2D eigenvalue weighted by atomic mass is 10.1. The number of rotatable bonds is 10. The van der Waals surface area contributed by atoms with E-state index in [4.69, 9.17) is 19.3 Å².